The van der Waals surface area contributed by atoms with Gasteiger partial charge in [0.1, 0.15) is 0 Å². The van der Waals surface area contributed by atoms with Gasteiger partial charge >= 0.3 is 5.69 Å². The van der Waals surface area contributed by atoms with Crippen LogP contribution in [-0.2, 0) is 4.74 Å². The van der Waals surface area contributed by atoms with E-state index in [4.69, 9.17) is 9.84 Å². The number of amides is 1. The van der Waals surface area contributed by atoms with Crippen LogP contribution in [0.5, 0.6) is 0 Å². The van der Waals surface area contributed by atoms with E-state index in [1.54, 1.807) is 24.1 Å². The fraction of sp³-hybridized carbons (Fsp3) is 0.556. The number of carbonyl (C=O) groups excluding carboxylic acids is 1. The highest BCUT2D eigenvalue weighted by atomic mass is 16.5. The maximum Gasteiger partial charge on any atom is 0.326 e. The van der Waals surface area contributed by atoms with Gasteiger partial charge in [-0.3, -0.25) is 9.36 Å². The molecule has 0 atom stereocenters. The van der Waals surface area contributed by atoms with E-state index in [2.05, 4.69) is 4.98 Å². The van der Waals surface area contributed by atoms with Crippen molar-refractivity contribution in [3.05, 3.63) is 34.2 Å². The second kappa shape index (κ2) is 7.84. The standard InChI is InChI=1S/C18H25N3O4/c1-20(8-10-25-11-9-22)17(23)13-6-7-16-15(12-13)19-18(24)21(16)14-4-2-3-5-14/h6-7,12,14,22H,2-5,8-11H2,1H3,(H,19,24). The predicted octanol–water partition coefficient (Wildman–Crippen LogP) is 1.53. The molecule has 0 saturated heterocycles. The van der Waals surface area contributed by atoms with Crippen molar-refractivity contribution in [1.29, 1.82) is 0 Å². The Morgan fingerprint density at radius 3 is 2.84 bits per heavy atom. The number of ether oxygens (including phenoxy) is 1. The summed E-state index contributed by atoms with van der Waals surface area (Å²) < 4.78 is 7.03. The lowest BCUT2D eigenvalue weighted by Gasteiger charge is -2.17. The van der Waals surface area contributed by atoms with Gasteiger partial charge in [-0.15, -0.1) is 0 Å². The van der Waals surface area contributed by atoms with E-state index in [0.29, 0.717) is 24.2 Å². The summed E-state index contributed by atoms with van der Waals surface area (Å²) in [5.74, 6) is -0.121. The van der Waals surface area contributed by atoms with Crippen molar-refractivity contribution in [3.63, 3.8) is 0 Å². The van der Waals surface area contributed by atoms with Crippen LogP contribution in [0.2, 0.25) is 0 Å². The summed E-state index contributed by atoms with van der Waals surface area (Å²) in [6.07, 6.45) is 4.38. The summed E-state index contributed by atoms with van der Waals surface area (Å²) >= 11 is 0. The maximum atomic E-state index is 12.5. The Hall–Kier alpha value is -2.12. The summed E-state index contributed by atoms with van der Waals surface area (Å²) in [6, 6.07) is 5.63. The van der Waals surface area contributed by atoms with Crippen LogP contribution in [0.15, 0.2) is 23.0 Å². The number of fused-ring (bicyclic) bond motifs is 1. The molecule has 1 heterocycles. The third-order valence-corrected chi connectivity index (χ3v) is 4.81. The maximum absolute atomic E-state index is 12.5. The zero-order valence-electron chi connectivity index (χ0n) is 14.5. The summed E-state index contributed by atoms with van der Waals surface area (Å²) in [6.45, 7) is 1.06. The van der Waals surface area contributed by atoms with E-state index in [1.165, 1.54) is 0 Å². The summed E-state index contributed by atoms with van der Waals surface area (Å²) in [7, 11) is 1.71. The molecule has 1 aliphatic carbocycles. The van der Waals surface area contributed by atoms with Gasteiger partial charge in [-0.25, -0.2) is 4.79 Å². The molecule has 2 aromatic rings. The Morgan fingerprint density at radius 1 is 1.36 bits per heavy atom. The Kier molecular flexibility index (Phi) is 5.55. The van der Waals surface area contributed by atoms with Gasteiger partial charge in [0.15, 0.2) is 0 Å². The van der Waals surface area contributed by atoms with Gasteiger partial charge in [0.2, 0.25) is 0 Å². The van der Waals surface area contributed by atoms with Crippen molar-refractivity contribution in [2.75, 3.05) is 33.4 Å². The number of aromatic nitrogens is 2. The third-order valence-electron chi connectivity index (χ3n) is 4.81. The van der Waals surface area contributed by atoms with Crippen molar-refractivity contribution < 1.29 is 14.6 Å². The number of carbonyl (C=O) groups is 1. The molecule has 1 saturated carbocycles. The first kappa shape index (κ1) is 17.7. The number of aliphatic hydroxyl groups is 1. The number of rotatable bonds is 7. The number of H-pyrrole nitrogens is 1. The molecule has 7 nitrogen and oxygen atoms in total. The number of benzene rings is 1. The highest BCUT2D eigenvalue weighted by molar-refractivity contribution is 5.97. The number of nitrogens with zero attached hydrogens (tertiary/aromatic N) is 2. The minimum Gasteiger partial charge on any atom is -0.394 e. The average molecular weight is 347 g/mol. The topological polar surface area (TPSA) is 87.6 Å². The Labute approximate surface area is 146 Å². The molecule has 0 radical (unpaired) electrons. The summed E-state index contributed by atoms with van der Waals surface area (Å²) in [5.41, 5.74) is 2.00. The molecule has 25 heavy (non-hydrogen) atoms. The van der Waals surface area contributed by atoms with Crippen LogP contribution in [-0.4, -0.2) is 58.9 Å². The molecule has 136 valence electrons. The van der Waals surface area contributed by atoms with E-state index in [-0.39, 0.29) is 30.9 Å². The van der Waals surface area contributed by atoms with Crippen molar-refractivity contribution in [1.82, 2.24) is 14.5 Å². The second-order valence-electron chi connectivity index (χ2n) is 6.53. The highest BCUT2D eigenvalue weighted by Gasteiger charge is 2.22. The Bertz CT molecular complexity index is 789. The molecule has 1 aromatic carbocycles. The van der Waals surface area contributed by atoms with Crippen LogP contribution in [0.4, 0.5) is 0 Å². The number of hydrogen-bond donors (Lipinski definition) is 2. The lowest BCUT2D eigenvalue weighted by atomic mass is 10.1. The van der Waals surface area contributed by atoms with Crippen LogP contribution < -0.4 is 5.69 Å². The normalized spacial score (nSPS) is 15.1. The molecule has 0 aliphatic heterocycles. The molecule has 1 aliphatic rings. The van der Waals surface area contributed by atoms with Gasteiger partial charge in [-0.05, 0) is 31.0 Å². The van der Waals surface area contributed by atoms with Crippen molar-refractivity contribution in [3.8, 4) is 0 Å². The monoisotopic (exact) mass is 347 g/mol. The minimum atomic E-state index is -0.121. The van der Waals surface area contributed by atoms with Crippen molar-refractivity contribution in [2.45, 2.75) is 31.7 Å². The largest absolute Gasteiger partial charge is 0.394 e. The fourth-order valence-corrected chi connectivity index (χ4v) is 3.48. The van der Waals surface area contributed by atoms with Gasteiger partial charge in [0, 0.05) is 25.2 Å². The van der Waals surface area contributed by atoms with Gasteiger partial charge in [-0.2, -0.15) is 0 Å². The smallest absolute Gasteiger partial charge is 0.326 e. The molecule has 1 fully saturated rings. The van der Waals surface area contributed by atoms with E-state index in [0.717, 1.165) is 31.2 Å². The highest BCUT2D eigenvalue weighted by Crippen LogP contribution is 2.30. The number of aliphatic hydroxyl groups excluding tert-OH is 1. The van der Waals surface area contributed by atoms with Gasteiger partial charge in [-0.1, -0.05) is 12.8 Å². The SMILES string of the molecule is CN(CCOCCO)C(=O)c1ccc2c(c1)[nH]c(=O)n2C1CCCC1. The molecule has 0 spiro atoms. The van der Waals surface area contributed by atoms with Crippen LogP contribution >= 0.6 is 0 Å². The number of aromatic amines is 1. The predicted molar refractivity (Wildman–Crippen MR) is 94.9 cm³/mol. The number of imidazole rings is 1. The fourth-order valence-electron chi connectivity index (χ4n) is 3.48. The summed E-state index contributed by atoms with van der Waals surface area (Å²) in [4.78, 5) is 29.3. The molecular weight excluding hydrogens is 322 g/mol. The molecule has 1 amide bonds. The first-order valence-corrected chi connectivity index (χ1v) is 8.80. The van der Waals surface area contributed by atoms with Gasteiger partial charge in [0.05, 0.1) is 30.9 Å². The Morgan fingerprint density at radius 2 is 2.12 bits per heavy atom. The zero-order valence-corrected chi connectivity index (χ0v) is 14.5. The van der Waals surface area contributed by atoms with Crippen LogP contribution in [0.25, 0.3) is 11.0 Å². The van der Waals surface area contributed by atoms with Crippen LogP contribution in [0.3, 0.4) is 0 Å². The number of nitrogens with one attached hydrogen (secondary N) is 1. The molecule has 0 unspecified atom stereocenters. The first-order chi connectivity index (χ1) is 12.1. The van der Waals surface area contributed by atoms with E-state index >= 15 is 0 Å². The van der Waals surface area contributed by atoms with Crippen molar-refractivity contribution in [2.24, 2.45) is 0 Å². The minimum absolute atomic E-state index is 0.0281. The van der Waals surface area contributed by atoms with Gasteiger partial charge < -0.3 is 19.7 Å². The summed E-state index contributed by atoms with van der Waals surface area (Å²) in [5, 5.41) is 8.69. The molecule has 3 rings (SSSR count). The molecule has 7 heteroatoms. The molecular formula is C18H25N3O4. The quantitative estimate of drug-likeness (QED) is 0.744. The Balaban J connectivity index is 1.77. The molecule has 1 aromatic heterocycles. The molecule has 2 N–H and O–H groups in total. The number of likely N-dealkylation sites (N-methyl/N-ethyl adjacent to an activating group) is 1. The van der Waals surface area contributed by atoms with Gasteiger partial charge in [0.25, 0.3) is 5.91 Å². The van der Waals surface area contributed by atoms with Crippen LogP contribution in [0, 0.1) is 0 Å². The van der Waals surface area contributed by atoms with E-state index in [9.17, 15) is 9.59 Å². The van der Waals surface area contributed by atoms with Crippen LogP contribution in [0.1, 0.15) is 42.1 Å². The number of hydrogen-bond acceptors (Lipinski definition) is 4. The third kappa shape index (κ3) is 3.77. The van der Waals surface area contributed by atoms with E-state index in [1.807, 2.05) is 10.6 Å². The van der Waals surface area contributed by atoms with E-state index < -0.39 is 0 Å². The lowest BCUT2D eigenvalue weighted by Crippen LogP contribution is -2.30. The lowest BCUT2D eigenvalue weighted by molar-refractivity contribution is 0.0618. The second-order valence-corrected chi connectivity index (χ2v) is 6.53. The average Bonchev–Trinajstić information content (AvgIpc) is 3.23. The first-order valence-electron chi connectivity index (χ1n) is 8.80. The van der Waals surface area contributed by atoms with Crippen molar-refractivity contribution >= 4 is 16.9 Å². The zero-order chi connectivity index (χ0) is 17.8. The molecule has 0 bridgehead atoms.